The third kappa shape index (κ3) is 2.84. The lowest BCUT2D eigenvalue weighted by molar-refractivity contribution is 0.0941. The predicted octanol–water partition coefficient (Wildman–Crippen LogP) is 1.38. The molecular weight excluding hydrogens is 276 g/mol. The molecule has 20 heavy (non-hydrogen) atoms. The van der Waals surface area contributed by atoms with Crippen LogP contribution in [0.4, 0.5) is 0 Å². The fourth-order valence-corrected chi connectivity index (χ4v) is 2.33. The Labute approximate surface area is 123 Å². The Morgan fingerprint density at radius 3 is 2.90 bits per heavy atom. The second-order valence-corrected chi connectivity index (χ2v) is 4.73. The zero-order valence-corrected chi connectivity index (χ0v) is 12.0. The smallest absolute Gasteiger partial charge is 0.269 e. The summed E-state index contributed by atoms with van der Waals surface area (Å²) >= 11 is 0. The van der Waals surface area contributed by atoms with E-state index in [4.69, 9.17) is 0 Å². The number of halogens is 1. The van der Waals surface area contributed by atoms with Crippen molar-refractivity contribution in [2.24, 2.45) is 7.05 Å². The molecule has 0 saturated carbocycles. The maximum absolute atomic E-state index is 11.9. The van der Waals surface area contributed by atoms with E-state index in [-0.39, 0.29) is 18.3 Å². The molecule has 1 aromatic carbocycles. The average molecular weight is 293 g/mol. The minimum atomic E-state index is -0.0985. The van der Waals surface area contributed by atoms with Crippen molar-refractivity contribution in [2.75, 3.05) is 0 Å². The summed E-state index contributed by atoms with van der Waals surface area (Å²) in [6.07, 6.45) is 1.62. The minimum absolute atomic E-state index is 0. The normalized spacial score (nSPS) is 12.7. The van der Waals surface area contributed by atoms with Gasteiger partial charge in [-0.1, -0.05) is 18.2 Å². The number of hydrogen-bond donors (Lipinski definition) is 2. The van der Waals surface area contributed by atoms with Crippen molar-refractivity contribution in [3.8, 4) is 0 Å². The lowest BCUT2D eigenvalue weighted by atomic mass is 10.1. The third-order valence-electron chi connectivity index (χ3n) is 3.41. The first kappa shape index (κ1) is 14.6. The van der Waals surface area contributed by atoms with Crippen LogP contribution in [-0.4, -0.2) is 15.7 Å². The van der Waals surface area contributed by atoms with Crippen LogP contribution < -0.4 is 10.6 Å². The van der Waals surface area contributed by atoms with Crippen molar-refractivity contribution in [2.45, 2.75) is 19.6 Å². The standard InChI is InChI=1S/C14H16N4O.ClH/c1-18-13(4-5-17-18)14(19)16-7-10-2-3-11-8-15-9-12(11)6-10;/h2-6,15H,7-9H2,1H3,(H,16,19);1H. The van der Waals surface area contributed by atoms with Gasteiger partial charge in [-0.05, 0) is 22.8 Å². The van der Waals surface area contributed by atoms with Crippen molar-refractivity contribution in [3.63, 3.8) is 0 Å². The zero-order valence-electron chi connectivity index (χ0n) is 11.2. The molecule has 3 rings (SSSR count). The van der Waals surface area contributed by atoms with Gasteiger partial charge in [0.2, 0.25) is 0 Å². The van der Waals surface area contributed by atoms with E-state index in [2.05, 4.69) is 33.9 Å². The Morgan fingerprint density at radius 1 is 1.35 bits per heavy atom. The Hall–Kier alpha value is -1.85. The maximum Gasteiger partial charge on any atom is 0.269 e. The average Bonchev–Trinajstić information content (AvgIpc) is 3.03. The molecule has 6 heteroatoms. The summed E-state index contributed by atoms with van der Waals surface area (Å²) in [6.45, 7) is 2.40. The number of aromatic nitrogens is 2. The molecule has 0 bridgehead atoms. The molecule has 1 aromatic heterocycles. The summed E-state index contributed by atoms with van der Waals surface area (Å²) in [6, 6.07) is 8.05. The van der Waals surface area contributed by atoms with Crippen LogP contribution in [0.5, 0.6) is 0 Å². The Morgan fingerprint density at radius 2 is 2.15 bits per heavy atom. The number of nitrogens with one attached hydrogen (secondary N) is 2. The van der Waals surface area contributed by atoms with Gasteiger partial charge in [0.1, 0.15) is 5.69 Å². The number of benzene rings is 1. The number of carbonyl (C=O) groups is 1. The fraction of sp³-hybridized carbons (Fsp3) is 0.286. The number of aryl methyl sites for hydroxylation is 1. The Kier molecular flexibility index (Phi) is 4.42. The van der Waals surface area contributed by atoms with Gasteiger partial charge in [-0.2, -0.15) is 5.10 Å². The van der Waals surface area contributed by atoms with Gasteiger partial charge in [-0.25, -0.2) is 0 Å². The second kappa shape index (κ2) is 6.07. The van der Waals surface area contributed by atoms with Gasteiger partial charge in [0, 0.05) is 32.9 Å². The molecule has 5 nitrogen and oxygen atoms in total. The maximum atomic E-state index is 11.9. The zero-order chi connectivity index (χ0) is 13.2. The van der Waals surface area contributed by atoms with E-state index in [1.54, 1.807) is 24.0 Å². The van der Waals surface area contributed by atoms with Gasteiger partial charge in [0.25, 0.3) is 5.91 Å². The molecule has 2 N–H and O–H groups in total. The van der Waals surface area contributed by atoms with Crippen LogP contribution in [0.2, 0.25) is 0 Å². The highest BCUT2D eigenvalue weighted by Gasteiger charge is 2.12. The van der Waals surface area contributed by atoms with E-state index in [0.29, 0.717) is 12.2 Å². The van der Waals surface area contributed by atoms with Crippen LogP contribution in [0.1, 0.15) is 27.2 Å². The molecule has 1 amide bonds. The van der Waals surface area contributed by atoms with Crippen molar-refractivity contribution in [1.82, 2.24) is 20.4 Å². The molecule has 0 unspecified atom stereocenters. The summed E-state index contributed by atoms with van der Waals surface area (Å²) in [5, 5.41) is 10.2. The van der Waals surface area contributed by atoms with Gasteiger partial charge >= 0.3 is 0 Å². The third-order valence-corrected chi connectivity index (χ3v) is 3.41. The number of carbonyl (C=O) groups excluding carboxylic acids is 1. The van der Waals surface area contributed by atoms with Crippen molar-refractivity contribution < 1.29 is 4.79 Å². The van der Waals surface area contributed by atoms with E-state index >= 15 is 0 Å². The van der Waals surface area contributed by atoms with Gasteiger partial charge in [-0.3, -0.25) is 9.48 Å². The van der Waals surface area contributed by atoms with E-state index < -0.39 is 0 Å². The molecule has 0 fully saturated rings. The number of hydrogen-bond acceptors (Lipinski definition) is 3. The first-order valence-electron chi connectivity index (χ1n) is 6.31. The molecule has 0 radical (unpaired) electrons. The van der Waals surface area contributed by atoms with Crippen molar-refractivity contribution in [3.05, 3.63) is 52.8 Å². The molecule has 106 valence electrons. The molecule has 1 aliphatic heterocycles. The molecule has 2 heterocycles. The first-order chi connectivity index (χ1) is 9.24. The molecule has 2 aromatic rings. The largest absolute Gasteiger partial charge is 0.347 e. The monoisotopic (exact) mass is 292 g/mol. The minimum Gasteiger partial charge on any atom is -0.347 e. The van der Waals surface area contributed by atoms with Crippen LogP contribution in [0.25, 0.3) is 0 Å². The summed E-state index contributed by atoms with van der Waals surface area (Å²) in [4.78, 5) is 11.9. The summed E-state index contributed by atoms with van der Waals surface area (Å²) in [5.74, 6) is -0.0985. The topological polar surface area (TPSA) is 59.0 Å². The number of amides is 1. The molecule has 1 aliphatic rings. The Bertz CT molecular complexity index is 623. The SMILES string of the molecule is Cl.Cn1nccc1C(=O)NCc1ccc2c(c1)CNC2. The first-order valence-corrected chi connectivity index (χ1v) is 6.31. The molecule has 0 saturated heterocycles. The quantitative estimate of drug-likeness (QED) is 0.898. The van der Waals surface area contributed by atoms with Crippen molar-refractivity contribution in [1.29, 1.82) is 0 Å². The number of fused-ring (bicyclic) bond motifs is 1. The van der Waals surface area contributed by atoms with E-state index in [0.717, 1.165) is 18.7 Å². The highest BCUT2D eigenvalue weighted by Crippen LogP contribution is 2.16. The molecule has 0 spiro atoms. The second-order valence-electron chi connectivity index (χ2n) is 4.73. The van der Waals surface area contributed by atoms with E-state index in [1.165, 1.54) is 11.1 Å². The van der Waals surface area contributed by atoms with Crippen LogP contribution >= 0.6 is 12.4 Å². The van der Waals surface area contributed by atoms with Gasteiger partial charge in [-0.15, -0.1) is 12.4 Å². The highest BCUT2D eigenvalue weighted by molar-refractivity contribution is 5.92. The lowest BCUT2D eigenvalue weighted by Crippen LogP contribution is -2.25. The van der Waals surface area contributed by atoms with Crippen LogP contribution in [-0.2, 0) is 26.7 Å². The summed E-state index contributed by atoms with van der Waals surface area (Å²) < 4.78 is 1.57. The molecule has 0 atom stereocenters. The molecular formula is C14H17ClN4O. The fourth-order valence-electron chi connectivity index (χ4n) is 2.33. The van der Waals surface area contributed by atoms with E-state index in [9.17, 15) is 4.79 Å². The van der Waals surface area contributed by atoms with E-state index in [1.807, 2.05) is 0 Å². The van der Waals surface area contributed by atoms with Crippen molar-refractivity contribution >= 4 is 18.3 Å². The van der Waals surface area contributed by atoms with Gasteiger partial charge in [0.15, 0.2) is 0 Å². The Balaban J connectivity index is 0.00000147. The summed E-state index contributed by atoms with van der Waals surface area (Å²) in [7, 11) is 1.76. The van der Waals surface area contributed by atoms with Crippen LogP contribution in [0.3, 0.4) is 0 Å². The molecule has 0 aliphatic carbocycles. The number of rotatable bonds is 3. The predicted molar refractivity (Wildman–Crippen MR) is 78.6 cm³/mol. The summed E-state index contributed by atoms with van der Waals surface area (Å²) in [5.41, 5.74) is 4.37. The van der Waals surface area contributed by atoms with Crippen LogP contribution in [0, 0.1) is 0 Å². The van der Waals surface area contributed by atoms with Gasteiger partial charge in [0.05, 0.1) is 0 Å². The lowest BCUT2D eigenvalue weighted by Gasteiger charge is -2.07. The number of nitrogens with zero attached hydrogens (tertiary/aromatic N) is 2. The van der Waals surface area contributed by atoms with Crippen LogP contribution in [0.15, 0.2) is 30.5 Å². The highest BCUT2D eigenvalue weighted by atomic mass is 35.5. The van der Waals surface area contributed by atoms with Gasteiger partial charge < -0.3 is 10.6 Å².